The largest absolute Gasteiger partial charge is 0.371 e. The summed E-state index contributed by atoms with van der Waals surface area (Å²) >= 11 is 0. The van der Waals surface area contributed by atoms with E-state index >= 15 is 0 Å². The maximum absolute atomic E-state index is 12.7. The van der Waals surface area contributed by atoms with Crippen molar-refractivity contribution in [2.45, 2.75) is 33.6 Å². The smallest absolute Gasteiger partial charge is 0.227 e. The fourth-order valence-corrected chi connectivity index (χ4v) is 3.91. The molecule has 3 heterocycles. The first-order valence-corrected chi connectivity index (χ1v) is 10.1. The van der Waals surface area contributed by atoms with Crippen molar-refractivity contribution >= 4 is 17.3 Å². The van der Waals surface area contributed by atoms with Crippen LogP contribution in [0, 0.1) is 26.7 Å². The summed E-state index contributed by atoms with van der Waals surface area (Å²) in [6, 6.07) is 9.99. The highest BCUT2D eigenvalue weighted by molar-refractivity contribution is 5.92. The number of hydrogen-bond acceptors (Lipinski definition) is 4. The number of rotatable bonds is 4. The molecule has 1 saturated heterocycles. The molecule has 4 rings (SSSR count). The number of hydrogen-bond donors (Lipinski definition) is 1. The Hall–Kier alpha value is -3.15. The van der Waals surface area contributed by atoms with Crippen molar-refractivity contribution in [2.24, 2.45) is 5.92 Å². The minimum absolute atomic E-state index is 0.0478. The Bertz CT molecular complexity index is 1000. The van der Waals surface area contributed by atoms with Crippen molar-refractivity contribution in [3.8, 4) is 5.69 Å². The Kier molecular flexibility index (Phi) is 5.34. The van der Waals surface area contributed by atoms with Crippen LogP contribution < -0.4 is 10.2 Å². The summed E-state index contributed by atoms with van der Waals surface area (Å²) in [5, 5.41) is 3.08. The highest BCUT2D eigenvalue weighted by atomic mass is 16.1. The molecule has 2 aromatic heterocycles. The number of piperidine rings is 1. The summed E-state index contributed by atoms with van der Waals surface area (Å²) in [7, 11) is 0. The molecule has 1 amide bonds. The first-order valence-electron chi connectivity index (χ1n) is 10.1. The molecule has 1 aromatic carbocycles. The van der Waals surface area contributed by atoms with Gasteiger partial charge in [-0.3, -0.25) is 9.78 Å². The van der Waals surface area contributed by atoms with E-state index in [1.165, 1.54) is 11.3 Å². The molecule has 1 N–H and O–H groups in total. The fraction of sp³-hybridized carbons (Fsp3) is 0.348. The van der Waals surface area contributed by atoms with Crippen molar-refractivity contribution < 1.29 is 4.79 Å². The number of amides is 1. The number of anilines is 2. The number of pyridine rings is 1. The lowest BCUT2D eigenvalue weighted by Crippen LogP contribution is -2.38. The van der Waals surface area contributed by atoms with Crippen LogP contribution in [0.2, 0.25) is 0 Å². The number of aryl methyl sites for hydroxylation is 2. The van der Waals surface area contributed by atoms with E-state index in [1.54, 1.807) is 0 Å². The van der Waals surface area contributed by atoms with Gasteiger partial charge in [-0.05, 0) is 69.5 Å². The summed E-state index contributed by atoms with van der Waals surface area (Å²) in [4.78, 5) is 23.6. The quantitative estimate of drug-likeness (QED) is 0.731. The second-order valence-electron chi connectivity index (χ2n) is 7.75. The molecule has 1 aliphatic heterocycles. The molecular formula is C23H27N5O. The van der Waals surface area contributed by atoms with E-state index in [-0.39, 0.29) is 11.8 Å². The second-order valence-corrected chi connectivity index (χ2v) is 7.75. The summed E-state index contributed by atoms with van der Waals surface area (Å²) in [5.74, 6) is 0.158. The van der Waals surface area contributed by atoms with Gasteiger partial charge < -0.3 is 14.8 Å². The van der Waals surface area contributed by atoms with Crippen LogP contribution in [0.4, 0.5) is 11.4 Å². The van der Waals surface area contributed by atoms with E-state index in [4.69, 9.17) is 0 Å². The van der Waals surface area contributed by atoms with E-state index in [2.05, 4.69) is 44.7 Å². The number of imidazole rings is 1. The number of aromatic nitrogens is 3. The molecule has 0 atom stereocenters. The third-order valence-electron chi connectivity index (χ3n) is 5.86. The number of carbonyl (C=O) groups is 1. The molecule has 6 nitrogen and oxygen atoms in total. The van der Waals surface area contributed by atoms with E-state index in [9.17, 15) is 4.79 Å². The highest BCUT2D eigenvalue weighted by Crippen LogP contribution is 2.26. The van der Waals surface area contributed by atoms with Crippen LogP contribution in [0.3, 0.4) is 0 Å². The van der Waals surface area contributed by atoms with Crippen LogP contribution in [0.15, 0.2) is 49.1 Å². The Labute approximate surface area is 171 Å². The Morgan fingerprint density at radius 1 is 1.07 bits per heavy atom. The van der Waals surface area contributed by atoms with Gasteiger partial charge in [0.1, 0.15) is 0 Å². The van der Waals surface area contributed by atoms with Gasteiger partial charge in [-0.15, -0.1) is 0 Å². The zero-order valence-electron chi connectivity index (χ0n) is 17.2. The van der Waals surface area contributed by atoms with Crippen LogP contribution in [-0.2, 0) is 4.79 Å². The van der Waals surface area contributed by atoms with Crippen molar-refractivity contribution in [1.82, 2.24) is 14.5 Å². The van der Waals surface area contributed by atoms with Gasteiger partial charge in [-0.25, -0.2) is 4.98 Å². The van der Waals surface area contributed by atoms with Crippen LogP contribution in [0.5, 0.6) is 0 Å². The van der Waals surface area contributed by atoms with E-state index in [0.717, 1.165) is 48.7 Å². The monoisotopic (exact) mass is 389 g/mol. The minimum atomic E-state index is 0.0478. The standard InChI is InChI=1S/C23H27N5O/c1-16-14-24-11-8-22(16)27-12-9-19(10-13-27)23(29)26-20-4-6-21(7-5-20)28-15-25-17(2)18(28)3/h4-8,11,14-15,19H,9-10,12-13H2,1-3H3,(H,26,29). The van der Waals surface area contributed by atoms with Crippen molar-refractivity contribution in [3.05, 3.63) is 66.0 Å². The summed E-state index contributed by atoms with van der Waals surface area (Å²) in [6.45, 7) is 7.92. The normalized spacial score (nSPS) is 14.8. The topological polar surface area (TPSA) is 63.1 Å². The maximum atomic E-state index is 12.7. The molecular weight excluding hydrogens is 362 g/mol. The highest BCUT2D eigenvalue weighted by Gasteiger charge is 2.25. The Morgan fingerprint density at radius 2 is 1.79 bits per heavy atom. The molecule has 0 spiro atoms. The van der Waals surface area contributed by atoms with Gasteiger partial charge in [0, 0.05) is 54.2 Å². The summed E-state index contributed by atoms with van der Waals surface area (Å²) in [5.41, 5.74) is 6.43. The molecule has 0 bridgehead atoms. The predicted octanol–water partition coefficient (Wildman–Crippen LogP) is 4.05. The van der Waals surface area contributed by atoms with Crippen molar-refractivity contribution in [1.29, 1.82) is 0 Å². The lowest BCUT2D eigenvalue weighted by atomic mass is 9.95. The summed E-state index contributed by atoms with van der Waals surface area (Å²) < 4.78 is 2.05. The van der Waals surface area contributed by atoms with Crippen LogP contribution in [-0.4, -0.2) is 33.5 Å². The SMILES string of the molecule is Cc1cnccc1N1CCC(C(=O)Nc2ccc(-n3cnc(C)c3C)cc2)CC1. The first-order chi connectivity index (χ1) is 14.0. The molecule has 6 heteroatoms. The number of carbonyl (C=O) groups excluding carboxylic acids is 1. The van der Waals surface area contributed by atoms with Gasteiger partial charge in [0.15, 0.2) is 0 Å². The molecule has 0 aliphatic carbocycles. The fourth-order valence-electron chi connectivity index (χ4n) is 3.91. The Morgan fingerprint density at radius 3 is 2.41 bits per heavy atom. The minimum Gasteiger partial charge on any atom is -0.371 e. The zero-order chi connectivity index (χ0) is 20.4. The van der Waals surface area contributed by atoms with E-state index in [1.807, 2.05) is 49.9 Å². The first kappa shape index (κ1) is 19.2. The molecule has 150 valence electrons. The molecule has 0 saturated carbocycles. The lowest BCUT2D eigenvalue weighted by Gasteiger charge is -2.33. The molecule has 3 aromatic rings. The molecule has 1 fully saturated rings. The van der Waals surface area contributed by atoms with Gasteiger partial charge in [0.25, 0.3) is 0 Å². The molecule has 29 heavy (non-hydrogen) atoms. The third kappa shape index (κ3) is 4.01. The third-order valence-corrected chi connectivity index (χ3v) is 5.86. The van der Waals surface area contributed by atoms with Gasteiger partial charge in [0.05, 0.1) is 12.0 Å². The summed E-state index contributed by atoms with van der Waals surface area (Å²) in [6.07, 6.45) is 7.27. The predicted molar refractivity (Wildman–Crippen MR) is 116 cm³/mol. The van der Waals surface area contributed by atoms with Crippen molar-refractivity contribution in [2.75, 3.05) is 23.3 Å². The van der Waals surface area contributed by atoms with Crippen LogP contribution in [0.25, 0.3) is 5.69 Å². The van der Waals surface area contributed by atoms with E-state index in [0.29, 0.717) is 0 Å². The van der Waals surface area contributed by atoms with Crippen molar-refractivity contribution in [3.63, 3.8) is 0 Å². The van der Waals surface area contributed by atoms with Gasteiger partial charge in [0.2, 0.25) is 5.91 Å². The second kappa shape index (κ2) is 8.07. The van der Waals surface area contributed by atoms with Gasteiger partial charge in [-0.2, -0.15) is 0 Å². The maximum Gasteiger partial charge on any atom is 0.227 e. The van der Waals surface area contributed by atoms with E-state index < -0.39 is 0 Å². The average molecular weight is 390 g/mol. The molecule has 0 radical (unpaired) electrons. The molecule has 0 unspecified atom stereocenters. The van der Waals surface area contributed by atoms with Crippen LogP contribution in [0.1, 0.15) is 29.8 Å². The van der Waals surface area contributed by atoms with Crippen LogP contribution >= 0.6 is 0 Å². The number of nitrogens with one attached hydrogen (secondary N) is 1. The number of benzene rings is 1. The van der Waals surface area contributed by atoms with Gasteiger partial charge >= 0.3 is 0 Å². The zero-order valence-corrected chi connectivity index (χ0v) is 17.2. The van der Waals surface area contributed by atoms with Gasteiger partial charge in [-0.1, -0.05) is 0 Å². The Balaban J connectivity index is 1.35. The number of nitrogens with zero attached hydrogens (tertiary/aromatic N) is 4. The average Bonchev–Trinajstić information content (AvgIpc) is 3.08. The lowest BCUT2D eigenvalue weighted by molar-refractivity contribution is -0.120. The molecule has 1 aliphatic rings.